The molecule has 1 amide bonds. The fourth-order valence-electron chi connectivity index (χ4n) is 4.58. The van der Waals surface area contributed by atoms with Gasteiger partial charge in [-0.1, -0.05) is 62.1 Å². The molecule has 1 spiro atoms. The van der Waals surface area contributed by atoms with Gasteiger partial charge in [-0.15, -0.1) is 0 Å². The number of hydrogen-bond acceptors (Lipinski definition) is 8. The number of carbonyl (C=O) groups excluding carboxylic acids is 2. The molecule has 7 nitrogen and oxygen atoms in total. The van der Waals surface area contributed by atoms with E-state index in [2.05, 4.69) is 4.74 Å². The first-order valence-corrected chi connectivity index (χ1v) is 13.9. The van der Waals surface area contributed by atoms with Crippen LogP contribution in [-0.2, 0) is 34.3 Å². The van der Waals surface area contributed by atoms with Crippen molar-refractivity contribution >= 4 is 45.9 Å². The number of nitrogens with zero attached hydrogens (tertiary/aromatic N) is 1. The van der Waals surface area contributed by atoms with Crippen molar-refractivity contribution in [2.45, 2.75) is 75.7 Å². The Morgan fingerprint density at radius 1 is 1.11 bits per heavy atom. The summed E-state index contributed by atoms with van der Waals surface area (Å²) in [6, 6.07) is 7.73. The summed E-state index contributed by atoms with van der Waals surface area (Å²) in [5, 5.41) is 0.260. The lowest BCUT2D eigenvalue weighted by atomic mass is 10.1. The molecule has 1 atom stereocenters. The maximum absolute atomic E-state index is 13.4. The molecule has 1 saturated heterocycles. The zero-order valence-corrected chi connectivity index (χ0v) is 22.4. The molecule has 0 radical (unpaired) electrons. The maximum Gasteiger partial charge on any atom is 0.305 e. The van der Waals surface area contributed by atoms with Crippen molar-refractivity contribution in [3.8, 4) is 0 Å². The van der Waals surface area contributed by atoms with Crippen LogP contribution in [0.1, 0.15) is 70.3 Å². The Morgan fingerprint density at radius 2 is 1.80 bits per heavy atom. The predicted octanol–water partition coefficient (Wildman–Crippen LogP) is 5.34. The Balaban J connectivity index is 1.50. The molecule has 9 heteroatoms. The molecule has 0 aliphatic carbocycles. The van der Waals surface area contributed by atoms with Gasteiger partial charge in [-0.05, 0) is 44.5 Å². The number of fused-ring (bicyclic) bond motifs is 2. The van der Waals surface area contributed by atoms with Crippen molar-refractivity contribution in [1.29, 1.82) is 0 Å². The normalized spacial score (nSPS) is 17.0. The van der Waals surface area contributed by atoms with E-state index in [-0.39, 0.29) is 17.1 Å². The zero-order valence-electron chi connectivity index (χ0n) is 20.8. The highest BCUT2D eigenvalue weighted by molar-refractivity contribution is 8.23. The third kappa shape index (κ3) is 7.41. The van der Waals surface area contributed by atoms with E-state index in [9.17, 15) is 9.59 Å². The van der Waals surface area contributed by atoms with Gasteiger partial charge in [-0.25, -0.2) is 0 Å². The standard InChI is InChI=1S/C26H37NO6S2/c1-3-31-25(34)35-20(12-8-6-4-5-7-9-15-23(28)30-2)16-17-27-22-14-11-10-13-21(22)26(24(27)29)32-18-19-33-26/h10-11,13-14,20H,3-9,12,15-19H2,1-2H3. The van der Waals surface area contributed by atoms with Crippen molar-refractivity contribution < 1.29 is 28.5 Å². The van der Waals surface area contributed by atoms with Crippen LogP contribution in [-0.4, -0.2) is 55.0 Å². The Morgan fingerprint density at radius 3 is 2.51 bits per heavy atom. The van der Waals surface area contributed by atoms with Gasteiger partial charge in [0.2, 0.25) is 4.38 Å². The van der Waals surface area contributed by atoms with E-state index in [1.165, 1.54) is 7.11 Å². The molecular weight excluding hydrogens is 486 g/mol. The number of unbranched alkanes of at least 4 members (excludes halogenated alkanes) is 5. The first kappa shape index (κ1) is 27.9. The van der Waals surface area contributed by atoms with Crippen LogP contribution in [0.25, 0.3) is 0 Å². The van der Waals surface area contributed by atoms with E-state index in [0.29, 0.717) is 37.2 Å². The SMILES string of the molecule is CCOC(=S)SC(CCCCCCCCC(=O)OC)CCN1C(=O)C2(OCCO2)c2ccccc21. The molecule has 3 rings (SSSR count). The first-order valence-electron chi connectivity index (χ1n) is 12.6. The molecule has 2 heterocycles. The average Bonchev–Trinajstić information content (AvgIpc) is 3.44. The Bertz CT molecular complexity index is 858. The van der Waals surface area contributed by atoms with Gasteiger partial charge in [0.05, 0.1) is 32.6 Å². The third-order valence-electron chi connectivity index (χ3n) is 6.35. The Labute approximate surface area is 218 Å². The van der Waals surface area contributed by atoms with Crippen LogP contribution in [0.2, 0.25) is 0 Å². The van der Waals surface area contributed by atoms with Gasteiger partial charge >= 0.3 is 5.97 Å². The fourth-order valence-corrected chi connectivity index (χ4v) is 6.07. The largest absolute Gasteiger partial charge is 0.479 e. The number of methoxy groups -OCH3 is 1. The summed E-state index contributed by atoms with van der Waals surface area (Å²) in [4.78, 5) is 26.4. The number of carbonyl (C=O) groups is 2. The minimum absolute atomic E-state index is 0.133. The van der Waals surface area contributed by atoms with Gasteiger partial charge in [0.25, 0.3) is 11.7 Å². The quantitative estimate of drug-likeness (QED) is 0.184. The van der Waals surface area contributed by atoms with Crippen molar-refractivity contribution in [3.05, 3.63) is 29.8 Å². The van der Waals surface area contributed by atoms with E-state index in [1.807, 2.05) is 31.2 Å². The van der Waals surface area contributed by atoms with Gasteiger partial charge < -0.3 is 23.8 Å². The minimum Gasteiger partial charge on any atom is -0.479 e. The molecule has 0 aromatic heterocycles. The number of thioether (sulfide) groups is 1. The molecule has 1 fully saturated rings. The molecular formula is C26H37NO6S2. The highest BCUT2D eigenvalue weighted by Crippen LogP contribution is 2.45. The number of esters is 1. The molecule has 1 aromatic rings. The molecule has 1 aromatic carbocycles. The van der Waals surface area contributed by atoms with E-state index in [1.54, 1.807) is 16.7 Å². The van der Waals surface area contributed by atoms with Crippen molar-refractivity contribution in [2.24, 2.45) is 0 Å². The highest BCUT2D eigenvalue weighted by Gasteiger charge is 2.55. The summed E-state index contributed by atoms with van der Waals surface area (Å²) in [5.74, 6) is -1.56. The van der Waals surface area contributed by atoms with Gasteiger partial charge in [0.15, 0.2) is 0 Å². The molecule has 35 heavy (non-hydrogen) atoms. The van der Waals surface area contributed by atoms with Crippen molar-refractivity contribution in [3.63, 3.8) is 0 Å². The summed E-state index contributed by atoms with van der Waals surface area (Å²) < 4.78 is 22.4. The number of rotatable bonds is 14. The fraction of sp³-hybridized carbons (Fsp3) is 0.654. The number of hydrogen-bond donors (Lipinski definition) is 0. The molecule has 0 bridgehead atoms. The lowest BCUT2D eigenvalue weighted by Gasteiger charge is -2.24. The summed E-state index contributed by atoms with van der Waals surface area (Å²) in [7, 11) is 1.43. The topological polar surface area (TPSA) is 74.3 Å². The van der Waals surface area contributed by atoms with Crippen molar-refractivity contribution in [1.82, 2.24) is 0 Å². The molecule has 0 N–H and O–H groups in total. The van der Waals surface area contributed by atoms with E-state index < -0.39 is 5.79 Å². The molecule has 1 unspecified atom stereocenters. The maximum atomic E-state index is 13.4. The van der Waals surface area contributed by atoms with Crippen LogP contribution in [0, 0.1) is 0 Å². The first-order chi connectivity index (χ1) is 17.0. The van der Waals surface area contributed by atoms with Crippen molar-refractivity contribution in [2.75, 3.05) is 38.4 Å². The van der Waals surface area contributed by atoms with Gasteiger partial charge in [-0.2, -0.15) is 0 Å². The average molecular weight is 524 g/mol. The summed E-state index contributed by atoms with van der Waals surface area (Å²) in [5.41, 5.74) is 1.66. The zero-order chi connectivity index (χ0) is 25.1. The van der Waals surface area contributed by atoms with Gasteiger partial charge in [0, 0.05) is 23.8 Å². The smallest absolute Gasteiger partial charge is 0.305 e. The molecule has 194 valence electrons. The lowest BCUT2D eigenvalue weighted by Crippen LogP contribution is -2.42. The number of amides is 1. The number of benzene rings is 1. The van der Waals surface area contributed by atoms with Crippen LogP contribution in [0.3, 0.4) is 0 Å². The summed E-state index contributed by atoms with van der Waals surface area (Å²) >= 11 is 7.00. The Kier molecular flexibility index (Phi) is 11.3. The molecule has 2 aliphatic rings. The molecule has 2 aliphatic heterocycles. The van der Waals surface area contributed by atoms with Crippen LogP contribution in [0.4, 0.5) is 5.69 Å². The lowest BCUT2D eigenvalue weighted by molar-refractivity contribution is -0.180. The van der Waals surface area contributed by atoms with Crippen LogP contribution < -0.4 is 4.90 Å². The van der Waals surface area contributed by atoms with E-state index in [0.717, 1.165) is 62.6 Å². The van der Waals surface area contributed by atoms with Gasteiger partial charge in [0.1, 0.15) is 0 Å². The van der Waals surface area contributed by atoms with Crippen LogP contribution >= 0.6 is 24.0 Å². The second-order valence-corrected chi connectivity index (χ2v) is 10.6. The number of para-hydroxylation sites is 1. The second kappa shape index (κ2) is 14.2. The van der Waals surface area contributed by atoms with Crippen LogP contribution in [0.5, 0.6) is 0 Å². The summed E-state index contributed by atoms with van der Waals surface area (Å²) in [6.45, 7) is 3.89. The van der Waals surface area contributed by atoms with E-state index >= 15 is 0 Å². The number of thiocarbonyl (C=S) groups is 1. The second-order valence-electron chi connectivity index (χ2n) is 8.74. The minimum atomic E-state index is -1.28. The monoisotopic (exact) mass is 523 g/mol. The summed E-state index contributed by atoms with van der Waals surface area (Å²) in [6.07, 6.45) is 8.71. The van der Waals surface area contributed by atoms with E-state index in [4.69, 9.17) is 26.4 Å². The predicted molar refractivity (Wildman–Crippen MR) is 142 cm³/mol. The molecule has 0 saturated carbocycles. The van der Waals surface area contributed by atoms with Gasteiger partial charge in [-0.3, -0.25) is 9.59 Å². The van der Waals surface area contributed by atoms with Crippen LogP contribution in [0.15, 0.2) is 24.3 Å². The number of anilines is 1. The highest BCUT2D eigenvalue weighted by atomic mass is 32.2. The number of ether oxygens (including phenoxy) is 4. The third-order valence-corrected chi connectivity index (χ3v) is 7.88. The Hall–Kier alpha value is -1.68.